The highest BCUT2D eigenvalue weighted by molar-refractivity contribution is 6.42. The number of carbonyl (C=O) groups excluding carboxylic acids is 1. The van der Waals surface area contributed by atoms with Crippen molar-refractivity contribution in [3.8, 4) is 0 Å². The summed E-state index contributed by atoms with van der Waals surface area (Å²) >= 11 is 12.1. The monoisotopic (exact) mass is 399 g/mol. The molecule has 1 aromatic heterocycles. The number of nitrogens with zero attached hydrogens (tertiary/aromatic N) is 2. The van der Waals surface area contributed by atoms with E-state index in [-0.39, 0.29) is 5.91 Å². The molecule has 2 aromatic carbocycles. The topological polar surface area (TPSA) is 45.2 Å². The number of hydrogen-bond acceptors (Lipinski definition) is 3. The van der Waals surface area contributed by atoms with E-state index in [4.69, 9.17) is 28.2 Å². The smallest absolute Gasteiger partial charge is 0.256 e. The first-order chi connectivity index (χ1) is 13.1. The first-order valence-corrected chi connectivity index (χ1v) is 9.71. The number of rotatable bonds is 3. The van der Waals surface area contributed by atoms with Crippen molar-refractivity contribution in [3.05, 3.63) is 69.3 Å². The fraction of sp³-hybridized carbons (Fsp3) is 0.238. The van der Waals surface area contributed by atoms with Crippen molar-refractivity contribution >= 4 is 45.7 Å². The molecular weight excluding hydrogens is 381 g/mol. The van der Waals surface area contributed by atoms with Crippen molar-refractivity contribution in [3.63, 3.8) is 0 Å². The van der Waals surface area contributed by atoms with Gasteiger partial charge in [0, 0.05) is 41.8 Å². The maximum absolute atomic E-state index is 13.3. The number of pyridine rings is 1. The lowest BCUT2D eigenvalue weighted by Crippen LogP contribution is -2.33. The van der Waals surface area contributed by atoms with Crippen LogP contribution in [0.3, 0.4) is 0 Å². The molecule has 0 radical (unpaired) electrons. The Morgan fingerprint density at radius 3 is 2.78 bits per heavy atom. The number of amides is 1. The zero-order chi connectivity index (χ0) is 19.0. The molecule has 0 spiro atoms. The molecule has 0 fully saturated rings. The predicted octanol–water partition coefficient (Wildman–Crippen LogP) is 5.17. The molecule has 27 heavy (non-hydrogen) atoms. The lowest BCUT2D eigenvalue weighted by molar-refractivity contribution is 0.102. The van der Waals surface area contributed by atoms with E-state index in [9.17, 15) is 4.79 Å². The van der Waals surface area contributed by atoms with Gasteiger partial charge in [-0.2, -0.15) is 0 Å². The van der Waals surface area contributed by atoms with Gasteiger partial charge in [0.15, 0.2) is 0 Å². The number of benzene rings is 2. The van der Waals surface area contributed by atoms with Crippen LogP contribution in [0.1, 0.15) is 28.5 Å². The minimum atomic E-state index is -0.152. The molecule has 4 nitrogen and oxygen atoms in total. The largest absolute Gasteiger partial charge is 0.322 e. The normalized spacial score (nSPS) is 14.2. The second-order valence-corrected chi connectivity index (χ2v) is 7.45. The van der Waals surface area contributed by atoms with Crippen LogP contribution in [0.5, 0.6) is 0 Å². The Labute approximate surface area is 168 Å². The van der Waals surface area contributed by atoms with Gasteiger partial charge in [-0.3, -0.25) is 14.7 Å². The van der Waals surface area contributed by atoms with Crippen LogP contribution in [0.4, 0.5) is 5.69 Å². The number of halogens is 2. The van der Waals surface area contributed by atoms with Crippen LogP contribution < -0.4 is 5.32 Å². The number of carbonyl (C=O) groups is 1. The van der Waals surface area contributed by atoms with E-state index in [1.54, 1.807) is 18.2 Å². The summed E-state index contributed by atoms with van der Waals surface area (Å²) < 4.78 is 0. The standard InChI is InChI=1S/C21H19Cl2N3O/c1-2-26-10-9-19-15(12-26)20(14-5-3-4-6-18(14)25-19)21(27)24-13-7-8-16(22)17(23)11-13/h3-8,11H,2,9-10,12H2,1H3,(H,24,27). The first-order valence-electron chi connectivity index (χ1n) is 8.96. The SMILES string of the molecule is CCN1CCc2nc3ccccc3c(C(=O)Nc3ccc(Cl)c(Cl)c3)c2C1. The van der Waals surface area contributed by atoms with E-state index in [1.807, 2.05) is 24.3 Å². The van der Waals surface area contributed by atoms with E-state index >= 15 is 0 Å². The summed E-state index contributed by atoms with van der Waals surface area (Å²) in [4.78, 5) is 20.4. The van der Waals surface area contributed by atoms with Crippen molar-refractivity contribution in [1.82, 2.24) is 9.88 Å². The van der Waals surface area contributed by atoms with Gasteiger partial charge in [-0.25, -0.2) is 0 Å². The van der Waals surface area contributed by atoms with E-state index < -0.39 is 0 Å². The minimum Gasteiger partial charge on any atom is -0.322 e. The van der Waals surface area contributed by atoms with Crippen molar-refractivity contribution in [2.45, 2.75) is 19.9 Å². The van der Waals surface area contributed by atoms with Crippen LogP contribution in [-0.2, 0) is 13.0 Å². The number of anilines is 1. The van der Waals surface area contributed by atoms with Gasteiger partial charge in [0.1, 0.15) is 0 Å². The molecule has 4 rings (SSSR count). The van der Waals surface area contributed by atoms with E-state index in [2.05, 4.69) is 17.1 Å². The van der Waals surface area contributed by atoms with Gasteiger partial charge < -0.3 is 5.32 Å². The summed E-state index contributed by atoms with van der Waals surface area (Å²) in [5.41, 5.74) is 4.18. The molecule has 0 saturated carbocycles. The zero-order valence-corrected chi connectivity index (χ0v) is 16.4. The van der Waals surface area contributed by atoms with E-state index in [1.165, 1.54) is 0 Å². The predicted molar refractivity (Wildman–Crippen MR) is 111 cm³/mol. The second-order valence-electron chi connectivity index (χ2n) is 6.63. The number of aromatic nitrogens is 1. The summed E-state index contributed by atoms with van der Waals surface area (Å²) in [5, 5.41) is 4.71. The number of nitrogens with one attached hydrogen (secondary N) is 1. The first kappa shape index (κ1) is 18.2. The van der Waals surface area contributed by atoms with Gasteiger partial charge in [-0.1, -0.05) is 48.3 Å². The fourth-order valence-corrected chi connectivity index (χ4v) is 3.84. The molecule has 0 saturated heterocycles. The maximum Gasteiger partial charge on any atom is 0.256 e. The third kappa shape index (κ3) is 3.53. The minimum absolute atomic E-state index is 0.152. The highest BCUT2D eigenvalue weighted by Gasteiger charge is 2.25. The van der Waals surface area contributed by atoms with E-state index in [0.29, 0.717) is 21.3 Å². The average Bonchev–Trinajstić information content (AvgIpc) is 2.68. The number of para-hydroxylation sites is 1. The van der Waals surface area contributed by atoms with Crippen molar-refractivity contribution in [2.75, 3.05) is 18.4 Å². The average molecular weight is 400 g/mol. The molecule has 3 aromatic rings. The summed E-state index contributed by atoms with van der Waals surface area (Å²) in [7, 11) is 0. The molecule has 1 aliphatic heterocycles. The third-order valence-corrected chi connectivity index (χ3v) is 5.72. The zero-order valence-electron chi connectivity index (χ0n) is 14.9. The molecule has 1 N–H and O–H groups in total. The van der Waals surface area contributed by atoms with Crippen molar-refractivity contribution < 1.29 is 4.79 Å². The second kappa shape index (κ2) is 7.47. The third-order valence-electron chi connectivity index (χ3n) is 4.98. The van der Waals surface area contributed by atoms with Gasteiger partial charge in [0.25, 0.3) is 5.91 Å². The van der Waals surface area contributed by atoms with Gasteiger partial charge in [-0.05, 0) is 30.8 Å². The molecule has 0 aliphatic carbocycles. The quantitative estimate of drug-likeness (QED) is 0.660. The van der Waals surface area contributed by atoms with Crippen LogP contribution in [-0.4, -0.2) is 28.9 Å². The molecule has 1 aliphatic rings. The molecule has 2 heterocycles. The Hall–Kier alpha value is -2.14. The molecule has 0 atom stereocenters. The van der Waals surface area contributed by atoms with Crippen LogP contribution in [0.15, 0.2) is 42.5 Å². The Morgan fingerprint density at radius 2 is 2.00 bits per heavy atom. The van der Waals surface area contributed by atoms with Crippen molar-refractivity contribution in [1.29, 1.82) is 0 Å². The van der Waals surface area contributed by atoms with Gasteiger partial charge in [0.2, 0.25) is 0 Å². The molecule has 138 valence electrons. The van der Waals surface area contributed by atoms with Crippen LogP contribution in [0.25, 0.3) is 10.9 Å². The summed E-state index contributed by atoms with van der Waals surface area (Å²) in [6, 6.07) is 12.9. The lowest BCUT2D eigenvalue weighted by Gasteiger charge is -2.29. The van der Waals surface area contributed by atoms with Crippen LogP contribution in [0.2, 0.25) is 10.0 Å². The number of fused-ring (bicyclic) bond motifs is 2. The summed E-state index contributed by atoms with van der Waals surface area (Å²) in [6.45, 7) is 4.77. The maximum atomic E-state index is 13.3. The van der Waals surface area contributed by atoms with E-state index in [0.717, 1.165) is 48.2 Å². The Bertz CT molecular complexity index is 1040. The Morgan fingerprint density at radius 1 is 1.19 bits per heavy atom. The van der Waals surface area contributed by atoms with Gasteiger partial charge in [-0.15, -0.1) is 0 Å². The summed E-state index contributed by atoms with van der Waals surface area (Å²) in [5.74, 6) is -0.152. The van der Waals surface area contributed by atoms with Crippen LogP contribution >= 0.6 is 23.2 Å². The Balaban J connectivity index is 1.81. The number of hydrogen-bond donors (Lipinski definition) is 1. The fourth-order valence-electron chi connectivity index (χ4n) is 3.54. The summed E-state index contributed by atoms with van der Waals surface area (Å²) in [6.07, 6.45) is 0.848. The lowest BCUT2D eigenvalue weighted by atomic mass is 9.95. The van der Waals surface area contributed by atoms with Crippen molar-refractivity contribution in [2.24, 2.45) is 0 Å². The Kier molecular flexibility index (Phi) is 5.04. The van der Waals surface area contributed by atoms with Crippen LogP contribution in [0, 0.1) is 0 Å². The molecule has 0 unspecified atom stereocenters. The molecule has 6 heteroatoms. The number of likely N-dealkylation sites (N-methyl/N-ethyl adjacent to an activating group) is 1. The van der Waals surface area contributed by atoms with Gasteiger partial charge in [0.05, 0.1) is 21.1 Å². The molecule has 0 bridgehead atoms. The van der Waals surface area contributed by atoms with Gasteiger partial charge >= 0.3 is 0 Å². The highest BCUT2D eigenvalue weighted by Crippen LogP contribution is 2.30. The molecule has 1 amide bonds. The highest BCUT2D eigenvalue weighted by atomic mass is 35.5. The molecular formula is C21H19Cl2N3O.